The highest BCUT2D eigenvalue weighted by molar-refractivity contribution is 5.16. The van der Waals surface area contributed by atoms with Crippen LogP contribution in [0.5, 0.6) is 0 Å². The lowest BCUT2D eigenvalue weighted by Crippen LogP contribution is -2.15. The van der Waals surface area contributed by atoms with Crippen LogP contribution in [0.3, 0.4) is 0 Å². The maximum Gasteiger partial charge on any atom is 0.148 e. The molecule has 0 radical (unpaired) electrons. The van der Waals surface area contributed by atoms with Crippen molar-refractivity contribution in [3.63, 3.8) is 0 Å². The van der Waals surface area contributed by atoms with Gasteiger partial charge in [-0.15, -0.1) is 0 Å². The molecule has 1 aliphatic carbocycles. The van der Waals surface area contributed by atoms with Gasteiger partial charge in [-0.05, 0) is 33.6 Å². The van der Waals surface area contributed by atoms with Crippen molar-refractivity contribution in [3.8, 4) is 0 Å². The predicted octanol–water partition coefficient (Wildman–Crippen LogP) is 1.66. The van der Waals surface area contributed by atoms with Crippen LogP contribution in [0.15, 0.2) is 12.5 Å². The minimum absolute atomic E-state index is 0.320. The van der Waals surface area contributed by atoms with Crippen molar-refractivity contribution in [1.82, 2.24) is 29.9 Å². The lowest BCUT2D eigenvalue weighted by molar-refractivity contribution is 0.487. The van der Waals surface area contributed by atoms with Crippen molar-refractivity contribution in [2.24, 2.45) is 0 Å². The fourth-order valence-electron chi connectivity index (χ4n) is 2.32. The molecule has 20 heavy (non-hydrogen) atoms. The summed E-state index contributed by atoms with van der Waals surface area (Å²) in [7, 11) is 0. The molecule has 0 unspecified atom stereocenters. The van der Waals surface area contributed by atoms with Gasteiger partial charge in [0.05, 0.1) is 5.69 Å². The van der Waals surface area contributed by atoms with Crippen molar-refractivity contribution < 1.29 is 0 Å². The Morgan fingerprint density at radius 2 is 2.20 bits per heavy atom. The zero-order valence-corrected chi connectivity index (χ0v) is 12.4. The fraction of sp³-hybridized carbons (Fsp3) is 0.643. The largest absolute Gasteiger partial charge is 0.310 e. The van der Waals surface area contributed by atoms with E-state index in [9.17, 15) is 0 Å². The van der Waals surface area contributed by atoms with Gasteiger partial charge >= 0.3 is 0 Å². The van der Waals surface area contributed by atoms with E-state index in [1.165, 1.54) is 18.4 Å². The highest BCUT2D eigenvalue weighted by Crippen LogP contribution is 2.19. The van der Waals surface area contributed by atoms with Crippen LogP contribution in [-0.4, -0.2) is 30.6 Å². The highest BCUT2D eigenvalue weighted by atomic mass is 15.4. The molecule has 6 nitrogen and oxygen atoms in total. The van der Waals surface area contributed by atoms with Crippen LogP contribution in [0.2, 0.25) is 0 Å². The highest BCUT2D eigenvalue weighted by Gasteiger charge is 2.20. The molecule has 0 amide bonds. The number of hydrogen-bond donors (Lipinski definition) is 1. The topological polar surface area (TPSA) is 60.6 Å². The van der Waals surface area contributed by atoms with E-state index in [-0.39, 0.29) is 0 Å². The molecule has 1 N–H and O–H groups in total. The van der Waals surface area contributed by atoms with Gasteiger partial charge in [-0.3, -0.25) is 4.68 Å². The summed E-state index contributed by atoms with van der Waals surface area (Å²) in [5.41, 5.74) is 2.36. The van der Waals surface area contributed by atoms with Crippen molar-refractivity contribution in [1.29, 1.82) is 0 Å². The Hall–Kier alpha value is -1.69. The lowest BCUT2D eigenvalue weighted by atomic mass is 10.2. The Balaban J connectivity index is 1.70. The van der Waals surface area contributed by atoms with Gasteiger partial charge in [0.15, 0.2) is 0 Å². The van der Waals surface area contributed by atoms with Gasteiger partial charge in [0.25, 0.3) is 0 Å². The van der Waals surface area contributed by atoms with Crippen molar-refractivity contribution >= 4 is 0 Å². The number of aromatic nitrogens is 5. The summed E-state index contributed by atoms with van der Waals surface area (Å²) >= 11 is 0. The van der Waals surface area contributed by atoms with Crippen LogP contribution >= 0.6 is 0 Å². The van der Waals surface area contributed by atoms with E-state index in [0.29, 0.717) is 12.6 Å². The van der Waals surface area contributed by atoms with Gasteiger partial charge in [-0.1, -0.05) is 0 Å². The van der Waals surface area contributed by atoms with Crippen molar-refractivity contribution in [3.05, 3.63) is 29.6 Å². The Morgan fingerprint density at radius 3 is 2.90 bits per heavy atom. The summed E-state index contributed by atoms with van der Waals surface area (Å²) in [6.45, 7) is 7.86. The molecule has 0 aliphatic heterocycles. The van der Waals surface area contributed by atoms with Crippen molar-refractivity contribution in [2.75, 3.05) is 0 Å². The summed E-state index contributed by atoms with van der Waals surface area (Å²) in [5.74, 6) is 0.948. The molecule has 0 atom stereocenters. The predicted molar refractivity (Wildman–Crippen MR) is 76.3 cm³/mol. The maximum absolute atomic E-state index is 4.58. The number of rotatable bonds is 6. The Kier molecular flexibility index (Phi) is 3.56. The molecular formula is C14H22N6. The quantitative estimate of drug-likeness (QED) is 0.870. The van der Waals surface area contributed by atoms with Crippen LogP contribution in [0, 0.1) is 6.92 Å². The van der Waals surface area contributed by atoms with E-state index < -0.39 is 0 Å². The monoisotopic (exact) mass is 274 g/mol. The van der Waals surface area contributed by atoms with E-state index in [0.717, 1.165) is 24.1 Å². The number of aryl methyl sites for hydroxylation is 1. The molecule has 0 saturated heterocycles. The molecule has 3 rings (SSSR count). The Labute approximate surface area is 119 Å². The molecule has 6 heteroatoms. The fourth-order valence-corrected chi connectivity index (χ4v) is 2.32. The summed E-state index contributed by atoms with van der Waals surface area (Å²) in [6, 6.07) is 1.04. The normalized spacial score (nSPS) is 15.2. The summed E-state index contributed by atoms with van der Waals surface area (Å²) < 4.78 is 3.90. The molecule has 1 fully saturated rings. The van der Waals surface area contributed by atoms with Crippen LogP contribution in [0.4, 0.5) is 0 Å². The maximum atomic E-state index is 4.58. The smallest absolute Gasteiger partial charge is 0.148 e. The van der Waals surface area contributed by atoms with E-state index in [4.69, 9.17) is 0 Å². The first kappa shape index (κ1) is 13.3. The van der Waals surface area contributed by atoms with Crippen LogP contribution in [0.1, 0.15) is 49.8 Å². The standard InChI is InChI=1S/C14H22N6/c1-10(2)20-14(16-9-17-20)8-19-7-12(11(3)18-19)6-15-13-4-5-13/h7,9-10,13,15H,4-6,8H2,1-3H3. The third-order valence-electron chi connectivity index (χ3n) is 3.65. The molecule has 0 spiro atoms. The molecule has 1 aliphatic rings. The lowest BCUT2D eigenvalue weighted by Gasteiger charge is -2.09. The van der Waals surface area contributed by atoms with Gasteiger partial charge in [-0.25, -0.2) is 9.67 Å². The summed E-state index contributed by atoms with van der Waals surface area (Å²) in [6.07, 6.45) is 6.35. The minimum atomic E-state index is 0.320. The molecule has 0 aromatic carbocycles. The van der Waals surface area contributed by atoms with E-state index >= 15 is 0 Å². The van der Waals surface area contributed by atoms with E-state index in [2.05, 4.69) is 47.5 Å². The van der Waals surface area contributed by atoms with E-state index in [1.807, 2.05) is 9.36 Å². The third-order valence-corrected chi connectivity index (χ3v) is 3.65. The molecular weight excluding hydrogens is 252 g/mol. The molecule has 0 bridgehead atoms. The minimum Gasteiger partial charge on any atom is -0.310 e. The summed E-state index contributed by atoms with van der Waals surface area (Å²) in [5, 5.41) is 12.4. The zero-order chi connectivity index (χ0) is 14.1. The van der Waals surface area contributed by atoms with Gasteiger partial charge in [0, 0.05) is 30.4 Å². The SMILES string of the molecule is Cc1nn(Cc2ncnn2C(C)C)cc1CNC1CC1. The van der Waals surface area contributed by atoms with E-state index in [1.54, 1.807) is 6.33 Å². The first-order chi connectivity index (χ1) is 9.63. The van der Waals surface area contributed by atoms with Gasteiger partial charge in [-0.2, -0.15) is 10.2 Å². The Bertz CT molecular complexity index is 578. The van der Waals surface area contributed by atoms with Crippen LogP contribution < -0.4 is 5.32 Å². The number of nitrogens with zero attached hydrogens (tertiary/aromatic N) is 5. The number of nitrogens with one attached hydrogen (secondary N) is 1. The molecule has 2 aromatic rings. The second kappa shape index (κ2) is 5.36. The first-order valence-corrected chi connectivity index (χ1v) is 7.28. The number of hydrogen-bond acceptors (Lipinski definition) is 4. The zero-order valence-electron chi connectivity index (χ0n) is 12.4. The third kappa shape index (κ3) is 2.90. The second-order valence-corrected chi connectivity index (χ2v) is 5.81. The van der Waals surface area contributed by atoms with Crippen molar-refractivity contribution in [2.45, 2.75) is 58.8 Å². The van der Waals surface area contributed by atoms with Crippen LogP contribution in [-0.2, 0) is 13.1 Å². The molecule has 108 valence electrons. The average Bonchev–Trinajstić information content (AvgIpc) is 3.00. The molecule has 1 saturated carbocycles. The van der Waals surface area contributed by atoms with Gasteiger partial charge in [0.1, 0.15) is 18.7 Å². The first-order valence-electron chi connectivity index (χ1n) is 7.28. The van der Waals surface area contributed by atoms with Gasteiger partial charge < -0.3 is 5.32 Å². The second-order valence-electron chi connectivity index (χ2n) is 5.81. The van der Waals surface area contributed by atoms with Crippen LogP contribution in [0.25, 0.3) is 0 Å². The molecule has 2 heterocycles. The Morgan fingerprint density at radius 1 is 1.40 bits per heavy atom. The molecule has 2 aromatic heterocycles. The average molecular weight is 274 g/mol. The summed E-state index contributed by atoms with van der Waals surface area (Å²) in [4.78, 5) is 4.33. The van der Waals surface area contributed by atoms with Gasteiger partial charge in [0.2, 0.25) is 0 Å².